The quantitative estimate of drug-likeness (QED) is 0.138. The molecule has 0 saturated carbocycles. The highest BCUT2D eigenvalue weighted by atomic mass is 19.1. The molecule has 3 heteroatoms. The third-order valence-corrected chi connectivity index (χ3v) is 5.78. The van der Waals surface area contributed by atoms with Crippen LogP contribution in [-0.4, -0.2) is 32.6 Å². The van der Waals surface area contributed by atoms with Crippen molar-refractivity contribution in [2.45, 2.75) is 142 Å². The van der Waals surface area contributed by atoms with Crippen molar-refractivity contribution in [3.8, 4) is 0 Å². The van der Waals surface area contributed by atoms with Gasteiger partial charge >= 0.3 is 0 Å². The molecule has 2 nitrogen and oxygen atoms in total. The summed E-state index contributed by atoms with van der Waals surface area (Å²) in [6.45, 7) is 6.77. The van der Waals surface area contributed by atoms with E-state index in [1.807, 2.05) is 0 Å². The SMILES string of the molecule is CCCCOC(CC)COCCCCCCCCCCCCCCCCCCF. The van der Waals surface area contributed by atoms with Crippen molar-refractivity contribution in [3.63, 3.8) is 0 Å². The van der Waals surface area contributed by atoms with Crippen molar-refractivity contribution in [2.75, 3.05) is 26.5 Å². The van der Waals surface area contributed by atoms with Gasteiger partial charge in [0.15, 0.2) is 0 Å². The summed E-state index contributed by atoms with van der Waals surface area (Å²) in [6, 6.07) is 0. The van der Waals surface area contributed by atoms with Crippen LogP contribution in [0.1, 0.15) is 136 Å². The number of rotatable bonds is 25. The van der Waals surface area contributed by atoms with Gasteiger partial charge < -0.3 is 9.47 Å². The van der Waals surface area contributed by atoms with E-state index in [4.69, 9.17) is 9.47 Å². The molecule has 0 amide bonds. The highest BCUT2D eigenvalue weighted by Gasteiger charge is 2.06. The third kappa shape index (κ3) is 24.0. The lowest BCUT2D eigenvalue weighted by Crippen LogP contribution is -2.20. The Balaban J connectivity index is 3.13. The predicted molar refractivity (Wildman–Crippen MR) is 126 cm³/mol. The molecule has 0 rings (SSSR count). The molecule has 1 unspecified atom stereocenters. The number of alkyl halides is 1. The lowest BCUT2D eigenvalue weighted by Gasteiger charge is -2.16. The van der Waals surface area contributed by atoms with Gasteiger partial charge in [0.05, 0.1) is 19.4 Å². The smallest absolute Gasteiger partial charge is 0.0894 e. The Hall–Kier alpha value is -0.150. The summed E-state index contributed by atoms with van der Waals surface area (Å²) in [5.41, 5.74) is 0. The molecule has 29 heavy (non-hydrogen) atoms. The van der Waals surface area contributed by atoms with Crippen molar-refractivity contribution in [2.24, 2.45) is 0 Å². The van der Waals surface area contributed by atoms with E-state index in [-0.39, 0.29) is 12.8 Å². The van der Waals surface area contributed by atoms with Gasteiger partial charge in [0.2, 0.25) is 0 Å². The Labute approximate surface area is 182 Å². The first kappa shape index (κ1) is 28.9. The molecule has 0 N–H and O–H groups in total. The number of halogens is 1. The molecule has 0 bridgehead atoms. The second-order valence-electron chi connectivity index (χ2n) is 8.68. The first-order chi connectivity index (χ1) is 14.3. The Bertz CT molecular complexity index is 286. The maximum Gasteiger partial charge on any atom is 0.0894 e. The third-order valence-electron chi connectivity index (χ3n) is 5.78. The van der Waals surface area contributed by atoms with Crippen molar-refractivity contribution in [1.29, 1.82) is 0 Å². The fraction of sp³-hybridized carbons (Fsp3) is 1.00. The summed E-state index contributed by atoms with van der Waals surface area (Å²) < 4.78 is 23.6. The van der Waals surface area contributed by atoms with E-state index in [1.165, 1.54) is 96.3 Å². The van der Waals surface area contributed by atoms with E-state index in [2.05, 4.69) is 13.8 Å². The molecule has 0 aliphatic heterocycles. The van der Waals surface area contributed by atoms with Gasteiger partial charge in [-0.3, -0.25) is 4.39 Å². The largest absolute Gasteiger partial charge is 0.379 e. The number of hydrogen-bond acceptors (Lipinski definition) is 2. The highest BCUT2D eigenvalue weighted by molar-refractivity contribution is 4.54. The topological polar surface area (TPSA) is 18.5 Å². The zero-order valence-corrected chi connectivity index (χ0v) is 20.0. The van der Waals surface area contributed by atoms with Gasteiger partial charge in [0.1, 0.15) is 0 Å². The Morgan fingerprint density at radius 1 is 0.552 bits per heavy atom. The molecule has 0 heterocycles. The van der Waals surface area contributed by atoms with Crippen LogP contribution in [0.3, 0.4) is 0 Å². The number of hydrogen-bond donors (Lipinski definition) is 0. The van der Waals surface area contributed by atoms with Crippen LogP contribution >= 0.6 is 0 Å². The Kier molecular flexibility index (Phi) is 25.8. The molecular formula is C26H53FO2. The highest BCUT2D eigenvalue weighted by Crippen LogP contribution is 2.14. The molecule has 0 aromatic rings. The van der Waals surface area contributed by atoms with Crippen LogP contribution in [0.5, 0.6) is 0 Å². The van der Waals surface area contributed by atoms with E-state index in [0.717, 1.165) is 45.5 Å². The van der Waals surface area contributed by atoms with E-state index in [1.54, 1.807) is 0 Å². The summed E-state index contributed by atoms with van der Waals surface area (Å²) in [5.74, 6) is 0. The molecule has 0 spiro atoms. The number of ether oxygens (including phenoxy) is 2. The van der Waals surface area contributed by atoms with Crippen molar-refractivity contribution in [1.82, 2.24) is 0 Å². The van der Waals surface area contributed by atoms with Crippen molar-refractivity contribution >= 4 is 0 Å². The van der Waals surface area contributed by atoms with Crippen LogP contribution in [0, 0.1) is 0 Å². The van der Waals surface area contributed by atoms with Crippen LogP contribution in [-0.2, 0) is 9.47 Å². The zero-order chi connectivity index (χ0) is 21.3. The van der Waals surface area contributed by atoms with Crippen LogP contribution in [0.2, 0.25) is 0 Å². The van der Waals surface area contributed by atoms with Gasteiger partial charge in [0, 0.05) is 13.2 Å². The van der Waals surface area contributed by atoms with Gasteiger partial charge in [-0.2, -0.15) is 0 Å². The monoisotopic (exact) mass is 416 g/mol. The minimum atomic E-state index is -0.136. The van der Waals surface area contributed by atoms with Crippen LogP contribution < -0.4 is 0 Å². The summed E-state index contributed by atoms with van der Waals surface area (Å²) in [6.07, 6.45) is 24.5. The van der Waals surface area contributed by atoms with E-state index < -0.39 is 0 Å². The predicted octanol–water partition coefficient (Wildman–Crippen LogP) is 8.81. The Morgan fingerprint density at radius 3 is 1.41 bits per heavy atom. The molecule has 1 atom stereocenters. The molecule has 0 aliphatic carbocycles. The zero-order valence-electron chi connectivity index (χ0n) is 20.0. The minimum Gasteiger partial charge on any atom is -0.379 e. The lowest BCUT2D eigenvalue weighted by atomic mass is 10.0. The molecule has 0 aromatic heterocycles. The average molecular weight is 417 g/mol. The van der Waals surface area contributed by atoms with Gasteiger partial charge in [-0.25, -0.2) is 0 Å². The number of unbranched alkanes of at least 4 members (excludes halogenated alkanes) is 16. The first-order valence-electron chi connectivity index (χ1n) is 13.1. The minimum absolute atomic E-state index is 0.136. The molecule has 0 aromatic carbocycles. The second kappa shape index (κ2) is 25.9. The van der Waals surface area contributed by atoms with Crippen molar-refractivity contribution < 1.29 is 13.9 Å². The van der Waals surface area contributed by atoms with Gasteiger partial charge in [-0.1, -0.05) is 110 Å². The average Bonchev–Trinajstić information content (AvgIpc) is 2.74. The standard InChI is InChI=1S/C26H53FO2/c1-3-5-24-29-26(4-2)25-28-23-21-19-17-15-13-11-9-7-6-8-10-12-14-16-18-20-22-27/h26H,3-25H2,1-2H3. The van der Waals surface area contributed by atoms with E-state index in [9.17, 15) is 4.39 Å². The second-order valence-corrected chi connectivity index (χ2v) is 8.68. The Morgan fingerprint density at radius 2 is 1.00 bits per heavy atom. The van der Waals surface area contributed by atoms with Crippen LogP contribution in [0.25, 0.3) is 0 Å². The van der Waals surface area contributed by atoms with Crippen LogP contribution in [0.4, 0.5) is 4.39 Å². The van der Waals surface area contributed by atoms with Crippen molar-refractivity contribution in [3.05, 3.63) is 0 Å². The first-order valence-corrected chi connectivity index (χ1v) is 13.1. The molecular weight excluding hydrogens is 363 g/mol. The summed E-state index contributed by atoms with van der Waals surface area (Å²) >= 11 is 0. The molecule has 0 fully saturated rings. The van der Waals surface area contributed by atoms with E-state index in [0.29, 0.717) is 0 Å². The maximum absolute atomic E-state index is 12.0. The lowest BCUT2D eigenvalue weighted by molar-refractivity contribution is -0.0197. The maximum atomic E-state index is 12.0. The summed E-state index contributed by atoms with van der Waals surface area (Å²) in [7, 11) is 0. The van der Waals surface area contributed by atoms with Gasteiger partial charge in [-0.05, 0) is 25.7 Å². The normalized spacial score (nSPS) is 12.5. The van der Waals surface area contributed by atoms with Crippen LogP contribution in [0.15, 0.2) is 0 Å². The fourth-order valence-electron chi connectivity index (χ4n) is 3.67. The molecule has 0 saturated heterocycles. The van der Waals surface area contributed by atoms with E-state index >= 15 is 0 Å². The summed E-state index contributed by atoms with van der Waals surface area (Å²) in [4.78, 5) is 0. The molecule has 176 valence electrons. The fourth-order valence-corrected chi connectivity index (χ4v) is 3.67. The summed E-state index contributed by atoms with van der Waals surface area (Å²) in [5, 5.41) is 0. The van der Waals surface area contributed by atoms with Gasteiger partial charge in [0.25, 0.3) is 0 Å². The van der Waals surface area contributed by atoms with Gasteiger partial charge in [-0.15, -0.1) is 0 Å². The molecule has 0 aliphatic rings. The molecule has 0 radical (unpaired) electrons.